The standard InChI is InChI=1S/C22H12OS2/c1-2-8-14-13(6-1)7-5-10-15(14)19-12-17-21(25-19)22-20(23-17)16-9-3-4-11-18(16)24-22/h1-12H. The van der Waals surface area contributed by atoms with E-state index in [1.54, 1.807) is 0 Å². The van der Waals surface area contributed by atoms with Gasteiger partial charge in [-0.2, -0.15) is 0 Å². The molecule has 0 radical (unpaired) electrons. The highest BCUT2D eigenvalue weighted by atomic mass is 32.1. The van der Waals surface area contributed by atoms with Crippen LogP contribution in [0.2, 0.25) is 0 Å². The molecule has 0 fully saturated rings. The summed E-state index contributed by atoms with van der Waals surface area (Å²) in [7, 11) is 0. The molecule has 3 aromatic heterocycles. The molecule has 0 atom stereocenters. The lowest BCUT2D eigenvalue weighted by Crippen LogP contribution is -1.77. The Morgan fingerprint density at radius 3 is 2.44 bits per heavy atom. The molecule has 6 rings (SSSR count). The third-order valence-corrected chi connectivity index (χ3v) is 7.19. The van der Waals surface area contributed by atoms with E-state index in [1.807, 2.05) is 22.7 Å². The molecule has 3 heteroatoms. The van der Waals surface area contributed by atoms with Crippen LogP contribution < -0.4 is 0 Å². The zero-order valence-electron chi connectivity index (χ0n) is 13.2. The summed E-state index contributed by atoms with van der Waals surface area (Å²) in [5.74, 6) is 0. The summed E-state index contributed by atoms with van der Waals surface area (Å²) in [5.41, 5.74) is 3.31. The first-order chi connectivity index (χ1) is 12.4. The van der Waals surface area contributed by atoms with E-state index in [9.17, 15) is 0 Å². The van der Waals surface area contributed by atoms with Gasteiger partial charge in [-0.1, -0.05) is 54.6 Å². The van der Waals surface area contributed by atoms with E-state index in [0.717, 1.165) is 11.2 Å². The summed E-state index contributed by atoms with van der Waals surface area (Å²) in [6.07, 6.45) is 0. The zero-order valence-corrected chi connectivity index (χ0v) is 14.8. The fourth-order valence-electron chi connectivity index (χ4n) is 3.56. The maximum Gasteiger partial charge on any atom is 0.154 e. The van der Waals surface area contributed by atoms with Crippen molar-refractivity contribution in [3.63, 3.8) is 0 Å². The Kier molecular flexibility index (Phi) is 2.70. The lowest BCUT2D eigenvalue weighted by atomic mass is 10.0. The SMILES string of the molecule is c1ccc2c(-c3cc4oc5c6ccccc6sc5c4s3)cccc2c1. The quantitative estimate of drug-likeness (QED) is 0.294. The average molecular weight is 356 g/mol. The predicted octanol–water partition coefficient (Wildman–Crippen LogP) is 7.68. The largest absolute Gasteiger partial charge is 0.454 e. The van der Waals surface area contributed by atoms with Crippen molar-refractivity contribution in [1.29, 1.82) is 0 Å². The monoisotopic (exact) mass is 356 g/mol. The first kappa shape index (κ1) is 13.6. The van der Waals surface area contributed by atoms with E-state index in [4.69, 9.17) is 4.42 Å². The molecule has 0 amide bonds. The van der Waals surface area contributed by atoms with Crippen LogP contribution in [-0.2, 0) is 0 Å². The first-order valence-corrected chi connectivity index (χ1v) is 9.83. The van der Waals surface area contributed by atoms with Gasteiger partial charge in [-0.25, -0.2) is 0 Å². The molecule has 0 saturated heterocycles. The number of hydrogen-bond donors (Lipinski definition) is 0. The van der Waals surface area contributed by atoms with Gasteiger partial charge >= 0.3 is 0 Å². The van der Waals surface area contributed by atoms with Gasteiger partial charge in [0.1, 0.15) is 5.58 Å². The van der Waals surface area contributed by atoms with E-state index in [1.165, 1.54) is 40.7 Å². The molecule has 0 unspecified atom stereocenters. The smallest absolute Gasteiger partial charge is 0.154 e. The van der Waals surface area contributed by atoms with E-state index in [0.29, 0.717) is 0 Å². The second-order valence-corrected chi connectivity index (χ2v) is 8.29. The van der Waals surface area contributed by atoms with E-state index < -0.39 is 0 Å². The van der Waals surface area contributed by atoms with Crippen molar-refractivity contribution in [3.05, 3.63) is 72.8 Å². The van der Waals surface area contributed by atoms with E-state index in [-0.39, 0.29) is 0 Å². The molecule has 3 heterocycles. The fourth-order valence-corrected chi connectivity index (χ4v) is 5.95. The fraction of sp³-hybridized carbons (Fsp3) is 0. The lowest BCUT2D eigenvalue weighted by molar-refractivity contribution is 0.674. The second kappa shape index (κ2) is 4.94. The predicted molar refractivity (Wildman–Crippen MR) is 110 cm³/mol. The molecular weight excluding hydrogens is 344 g/mol. The van der Waals surface area contributed by atoms with Crippen molar-refractivity contribution >= 4 is 64.1 Å². The highest BCUT2D eigenvalue weighted by molar-refractivity contribution is 7.32. The summed E-state index contributed by atoms with van der Waals surface area (Å²) < 4.78 is 10.1. The Bertz CT molecular complexity index is 1390. The third-order valence-electron chi connectivity index (χ3n) is 4.72. The Hall–Kier alpha value is -2.62. The molecule has 0 aliphatic carbocycles. The number of fused-ring (bicyclic) bond motifs is 6. The third kappa shape index (κ3) is 1.88. The summed E-state index contributed by atoms with van der Waals surface area (Å²) >= 11 is 3.66. The van der Waals surface area contributed by atoms with Crippen molar-refractivity contribution in [3.8, 4) is 10.4 Å². The van der Waals surface area contributed by atoms with Gasteiger partial charge in [0, 0.05) is 21.0 Å². The summed E-state index contributed by atoms with van der Waals surface area (Å²) in [6, 6.07) is 25.7. The number of benzene rings is 3. The minimum atomic E-state index is 1.000. The van der Waals surface area contributed by atoms with Crippen molar-refractivity contribution in [2.24, 2.45) is 0 Å². The molecule has 0 N–H and O–H groups in total. The van der Waals surface area contributed by atoms with Gasteiger partial charge in [0.2, 0.25) is 0 Å². The molecule has 0 aliphatic rings. The van der Waals surface area contributed by atoms with Gasteiger partial charge in [-0.15, -0.1) is 22.7 Å². The highest BCUT2D eigenvalue weighted by Gasteiger charge is 2.17. The van der Waals surface area contributed by atoms with E-state index in [2.05, 4.69) is 72.8 Å². The van der Waals surface area contributed by atoms with Gasteiger partial charge in [0.25, 0.3) is 0 Å². The number of thiophene rings is 2. The zero-order chi connectivity index (χ0) is 16.4. The molecule has 0 aliphatic heterocycles. The van der Waals surface area contributed by atoms with Crippen molar-refractivity contribution in [2.45, 2.75) is 0 Å². The molecule has 0 spiro atoms. The number of rotatable bonds is 1. The normalized spacial score (nSPS) is 12.0. The maximum absolute atomic E-state index is 6.24. The molecule has 3 aromatic carbocycles. The van der Waals surface area contributed by atoms with Crippen LogP contribution in [0.4, 0.5) is 0 Å². The molecule has 0 saturated carbocycles. The Morgan fingerprint density at radius 1 is 0.680 bits per heavy atom. The molecule has 25 heavy (non-hydrogen) atoms. The van der Waals surface area contributed by atoms with Gasteiger partial charge in [-0.05, 0) is 28.5 Å². The lowest BCUT2D eigenvalue weighted by Gasteiger charge is -2.03. The van der Waals surface area contributed by atoms with Crippen molar-refractivity contribution in [1.82, 2.24) is 0 Å². The van der Waals surface area contributed by atoms with Crippen LogP contribution in [0, 0.1) is 0 Å². The average Bonchev–Trinajstić information content (AvgIpc) is 3.31. The maximum atomic E-state index is 6.24. The highest BCUT2D eigenvalue weighted by Crippen LogP contribution is 2.46. The summed E-state index contributed by atoms with van der Waals surface area (Å²) in [4.78, 5) is 1.27. The molecule has 0 bridgehead atoms. The molecule has 118 valence electrons. The van der Waals surface area contributed by atoms with Gasteiger partial charge < -0.3 is 4.42 Å². The minimum Gasteiger partial charge on any atom is -0.454 e. The first-order valence-electron chi connectivity index (χ1n) is 8.20. The van der Waals surface area contributed by atoms with Gasteiger partial charge in [0.05, 0.1) is 9.40 Å². The van der Waals surface area contributed by atoms with Crippen LogP contribution in [0.1, 0.15) is 0 Å². The summed E-state index contributed by atoms with van der Waals surface area (Å²) in [5, 5.41) is 3.79. The number of hydrogen-bond acceptors (Lipinski definition) is 3. The van der Waals surface area contributed by atoms with E-state index >= 15 is 0 Å². The molecule has 1 nitrogen and oxygen atoms in total. The topological polar surface area (TPSA) is 13.1 Å². The Labute approximate surface area is 151 Å². The van der Waals surface area contributed by atoms with Gasteiger partial charge in [0.15, 0.2) is 5.58 Å². The summed E-state index contributed by atoms with van der Waals surface area (Å²) in [6.45, 7) is 0. The molecular formula is C22H12OS2. The minimum absolute atomic E-state index is 1.000. The Morgan fingerprint density at radius 2 is 1.48 bits per heavy atom. The second-order valence-electron chi connectivity index (χ2n) is 6.19. The number of furan rings is 1. The van der Waals surface area contributed by atoms with Crippen LogP contribution in [-0.4, -0.2) is 0 Å². The van der Waals surface area contributed by atoms with Gasteiger partial charge in [-0.3, -0.25) is 0 Å². The van der Waals surface area contributed by atoms with Crippen LogP contribution in [0.25, 0.3) is 51.9 Å². The van der Waals surface area contributed by atoms with Crippen LogP contribution >= 0.6 is 22.7 Å². The van der Waals surface area contributed by atoms with Crippen molar-refractivity contribution in [2.75, 3.05) is 0 Å². The van der Waals surface area contributed by atoms with Crippen LogP contribution in [0.3, 0.4) is 0 Å². The van der Waals surface area contributed by atoms with Crippen molar-refractivity contribution < 1.29 is 4.42 Å². The Balaban J connectivity index is 1.66. The molecule has 6 aromatic rings. The van der Waals surface area contributed by atoms with Crippen LogP contribution in [0.15, 0.2) is 77.2 Å². The van der Waals surface area contributed by atoms with Crippen LogP contribution in [0.5, 0.6) is 0 Å².